The Morgan fingerprint density at radius 1 is 1.00 bits per heavy atom. The first kappa shape index (κ1) is 21.3. The molecule has 0 fully saturated rings. The Kier molecular flexibility index (Phi) is 7.04. The summed E-state index contributed by atoms with van der Waals surface area (Å²) in [5.41, 5.74) is 0.460. The van der Waals surface area contributed by atoms with Crippen LogP contribution in [-0.2, 0) is 4.79 Å². The van der Waals surface area contributed by atoms with Gasteiger partial charge in [-0.2, -0.15) is 0 Å². The van der Waals surface area contributed by atoms with Gasteiger partial charge in [-0.25, -0.2) is 0 Å². The van der Waals surface area contributed by atoms with Crippen molar-refractivity contribution in [3.8, 4) is 11.5 Å². The zero-order valence-electron chi connectivity index (χ0n) is 17.0. The average molecular weight is 384 g/mol. The summed E-state index contributed by atoms with van der Waals surface area (Å²) >= 11 is 0. The molecule has 0 unspecified atom stereocenters. The molecule has 6 heteroatoms. The van der Waals surface area contributed by atoms with Crippen molar-refractivity contribution in [3.63, 3.8) is 0 Å². The maximum atomic E-state index is 12.8. The van der Waals surface area contributed by atoms with Gasteiger partial charge in [0.2, 0.25) is 0 Å². The Labute approximate surface area is 166 Å². The van der Waals surface area contributed by atoms with E-state index >= 15 is 0 Å². The normalized spacial score (nSPS) is 12.0. The topological polar surface area (TPSA) is 76.7 Å². The van der Waals surface area contributed by atoms with Crippen LogP contribution in [0.25, 0.3) is 0 Å². The Bertz CT molecular complexity index is 827. The average Bonchev–Trinajstić information content (AvgIpc) is 2.65. The summed E-state index contributed by atoms with van der Waals surface area (Å²) in [6, 6.07) is 14.1. The quantitative estimate of drug-likeness (QED) is 0.756. The molecule has 1 atom stereocenters. The molecule has 2 rings (SSSR count). The van der Waals surface area contributed by atoms with Gasteiger partial charge in [0.05, 0.1) is 18.4 Å². The van der Waals surface area contributed by atoms with Gasteiger partial charge in [-0.15, -0.1) is 0 Å². The number of methoxy groups -OCH3 is 1. The maximum absolute atomic E-state index is 12.8. The van der Waals surface area contributed by atoms with Crippen molar-refractivity contribution >= 4 is 17.5 Å². The predicted molar refractivity (Wildman–Crippen MR) is 110 cm³/mol. The Morgan fingerprint density at radius 2 is 1.61 bits per heavy atom. The molecule has 0 aromatic heterocycles. The summed E-state index contributed by atoms with van der Waals surface area (Å²) in [6.07, 6.45) is -0.268. The van der Waals surface area contributed by atoms with Crippen molar-refractivity contribution in [3.05, 3.63) is 54.1 Å². The van der Waals surface area contributed by atoms with E-state index in [9.17, 15) is 9.59 Å². The first-order valence-electron chi connectivity index (χ1n) is 9.27. The van der Waals surface area contributed by atoms with Crippen molar-refractivity contribution in [2.75, 3.05) is 12.4 Å². The number of amides is 2. The number of carbonyl (C=O) groups excluding carboxylic acids is 2. The summed E-state index contributed by atoms with van der Waals surface area (Å²) in [5.74, 6) is 0.468. The van der Waals surface area contributed by atoms with Crippen LogP contribution in [0.5, 0.6) is 11.5 Å². The third kappa shape index (κ3) is 5.74. The zero-order valence-corrected chi connectivity index (χ0v) is 17.0. The number of hydrogen-bond acceptors (Lipinski definition) is 4. The molecule has 0 aliphatic heterocycles. The van der Waals surface area contributed by atoms with Gasteiger partial charge in [0.15, 0.2) is 17.6 Å². The van der Waals surface area contributed by atoms with Crippen molar-refractivity contribution in [2.24, 2.45) is 0 Å². The Morgan fingerprint density at radius 3 is 2.21 bits per heavy atom. The van der Waals surface area contributed by atoms with Gasteiger partial charge < -0.3 is 20.1 Å². The molecule has 0 aliphatic carbocycles. The fourth-order valence-corrected chi connectivity index (χ4v) is 2.60. The molecular weight excluding hydrogens is 356 g/mol. The molecule has 0 spiro atoms. The standard InChI is InChI=1S/C22H28N2O4/c1-6-17(28-19-14-10-9-13-18(19)27-5)21(26)23-16-12-8-7-11-15(16)20(25)24-22(2,3)4/h7-14,17H,6H2,1-5H3,(H,23,26)(H,24,25)/t17-/m0/s1. The van der Waals surface area contributed by atoms with Crippen LogP contribution in [0.4, 0.5) is 5.69 Å². The van der Waals surface area contributed by atoms with Gasteiger partial charge >= 0.3 is 0 Å². The summed E-state index contributed by atoms with van der Waals surface area (Å²) in [5, 5.41) is 5.73. The molecule has 2 aromatic carbocycles. The van der Waals surface area contributed by atoms with Crippen molar-refractivity contribution in [2.45, 2.75) is 45.8 Å². The molecule has 0 aliphatic rings. The third-order valence-corrected chi connectivity index (χ3v) is 3.92. The van der Waals surface area contributed by atoms with Crippen molar-refractivity contribution < 1.29 is 19.1 Å². The van der Waals surface area contributed by atoms with Crippen LogP contribution in [0.15, 0.2) is 48.5 Å². The maximum Gasteiger partial charge on any atom is 0.265 e. The summed E-state index contributed by atoms with van der Waals surface area (Å²) in [6.45, 7) is 7.57. The van der Waals surface area contributed by atoms with E-state index in [1.165, 1.54) is 0 Å². The number of rotatable bonds is 7. The molecule has 28 heavy (non-hydrogen) atoms. The highest BCUT2D eigenvalue weighted by Crippen LogP contribution is 2.27. The largest absolute Gasteiger partial charge is 0.493 e. The highest BCUT2D eigenvalue weighted by molar-refractivity contribution is 6.04. The SMILES string of the molecule is CC[C@H](Oc1ccccc1OC)C(=O)Nc1ccccc1C(=O)NC(C)(C)C. The monoisotopic (exact) mass is 384 g/mol. The van der Waals surface area contributed by atoms with Gasteiger partial charge in [0.25, 0.3) is 11.8 Å². The van der Waals surface area contributed by atoms with Crippen LogP contribution in [0, 0.1) is 0 Å². The minimum absolute atomic E-state index is 0.248. The lowest BCUT2D eigenvalue weighted by Crippen LogP contribution is -2.41. The van der Waals surface area contributed by atoms with Crippen molar-refractivity contribution in [1.82, 2.24) is 5.32 Å². The third-order valence-electron chi connectivity index (χ3n) is 3.92. The molecule has 0 radical (unpaired) electrons. The van der Waals surface area contributed by atoms with E-state index in [-0.39, 0.29) is 17.4 Å². The summed E-state index contributed by atoms with van der Waals surface area (Å²) in [7, 11) is 1.55. The van der Waals surface area contributed by atoms with Crippen LogP contribution in [-0.4, -0.2) is 30.6 Å². The number of benzene rings is 2. The van der Waals surface area contributed by atoms with Crippen LogP contribution in [0.1, 0.15) is 44.5 Å². The van der Waals surface area contributed by atoms with E-state index in [2.05, 4.69) is 10.6 Å². The smallest absolute Gasteiger partial charge is 0.265 e. The molecule has 0 saturated heterocycles. The van der Waals surface area contributed by atoms with Gasteiger partial charge in [0, 0.05) is 5.54 Å². The minimum atomic E-state index is -0.727. The van der Waals surface area contributed by atoms with Gasteiger partial charge in [-0.1, -0.05) is 31.2 Å². The lowest BCUT2D eigenvalue weighted by atomic mass is 10.1. The first-order chi connectivity index (χ1) is 13.2. The first-order valence-corrected chi connectivity index (χ1v) is 9.27. The number of ether oxygens (including phenoxy) is 2. The highest BCUT2D eigenvalue weighted by Gasteiger charge is 2.23. The van der Waals surface area contributed by atoms with Crippen LogP contribution < -0.4 is 20.1 Å². The molecule has 0 saturated carbocycles. The molecule has 2 aromatic rings. The number of hydrogen-bond donors (Lipinski definition) is 2. The van der Waals surface area contributed by atoms with Crippen LogP contribution in [0.2, 0.25) is 0 Å². The lowest BCUT2D eigenvalue weighted by molar-refractivity contribution is -0.122. The van der Waals surface area contributed by atoms with E-state index in [1.807, 2.05) is 39.8 Å². The van der Waals surface area contributed by atoms with E-state index in [4.69, 9.17) is 9.47 Å². The molecule has 0 heterocycles. The number of anilines is 1. The number of para-hydroxylation sites is 3. The zero-order chi connectivity index (χ0) is 20.7. The number of carbonyl (C=O) groups is 2. The molecule has 150 valence electrons. The number of nitrogens with one attached hydrogen (secondary N) is 2. The van der Waals surface area contributed by atoms with E-state index < -0.39 is 6.10 Å². The van der Waals surface area contributed by atoms with Gasteiger partial charge in [-0.3, -0.25) is 9.59 Å². The molecule has 6 nitrogen and oxygen atoms in total. The van der Waals surface area contributed by atoms with Gasteiger partial charge in [0.1, 0.15) is 0 Å². The van der Waals surface area contributed by atoms with Crippen molar-refractivity contribution in [1.29, 1.82) is 0 Å². The van der Waals surface area contributed by atoms with Crippen LogP contribution in [0.3, 0.4) is 0 Å². The van der Waals surface area contributed by atoms with E-state index in [0.717, 1.165) is 0 Å². The fourth-order valence-electron chi connectivity index (χ4n) is 2.60. The highest BCUT2D eigenvalue weighted by atomic mass is 16.5. The second-order valence-electron chi connectivity index (χ2n) is 7.40. The fraction of sp³-hybridized carbons (Fsp3) is 0.364. The molecular formula is C22H28N2O4. The second-order valence-corrected chi connectivity index (χ2v) is 7.40. The molecule has 2 amide bonds. The molecule has 2 N–H and O–H groups in total. The predicted octanol–water partition coefficient (Wildman–Crippen LogP) is 4.02. The van der Waals surface area contributed by atoms with Crippen LogP contribution >= 0.6 is 0 Å². The van der Waals surface area contributed by atoms with E-state index in [0.29, 0.717) is 29.2 Å². The Balaban J connectivity index is 2.18. The molecule has 0 bridgehead atoms. The minimum Gasteiger partial charge on any atom is -0.493 e. The lowest BCUT2D eigenvalue weighted by Gasteiger charge is -2.22. The summed E-state index contributed by atoms with van der Waals surface area (Å²) < 4.78 is 11.1. The van der Waals surface area contributed by atoms with E-state index in [1.54, 1.807) is 43.5 Å². The van der Waals surface area contributed by atoms with Gasteiger partial charge in [-0.05, 0) is 51.5 Å². The summed E-state index contributed by atoms with van der Waals surface area (Å²) in [4.78, 5) is 25.4. The Hall–Kier alpha value is -3.02. The second kappa shape index (κ2) is 9.26.